The van der Waals surface area contributed by atoms with Crippen molar-refractivity contribution in [2.75, 3.05) is 13.6 Å². The van der Waals surface area contributed by atoms with Crippen LogP contribution < -0.4 is 0 Å². The number of rotatable bonds is 3. The van der Waals surface area contributed by atoms with Crippen molar-refractivity contribution in [3.05, 3.63) is 45.6 Å². The Bertz CT molecular complexity index is 387. The van der Waals surface area contributed by atoms with Gasteiger partial charge >= 0.3 is 0 Å². The van der Waals surface area contributed by atoms with Crippen LogP contribution in [0.25, 0.3) is 0 Å². The van der Waals surface area contributed by atoms with E-state index in [4.69, 9.17) is 0 Å². The van der Waals surface area contributed by atoms with Gasteiger partial charge in [-0.15, -0.1) is 0 Å². The lowest BCUT2D eigenvalue weighted by molar-refractivity contribution is 0.0807. The first-order chi connectivity index (χ1) is 7.00. The van der Waals surface area contributed by atoms with Gasteiger partial charge in [0.25, 0.3) is 5.91 Å². The molecule has 0 saturated heterocycles. The molecule has 1 amide bonds. The Hall–Kier alpha value is -0.840. The summed E-state index contributed by atoms with van der Waals surface area (Å²) in [6, 6.07) is 7.58. The van der Waals surface area contributed by atoms with E-state index in [1.807, 2.05) is 31.2 Å². The molecule has 3 heteroatoms. The molecular formula is C12H14INO. The van der Waals surface area contributed by atoms with Gasteiger partial charge in [-0.3, -0.25) is 4.79 Å². The molecule has 15 heavy (non-hydrogen) atoms. The van der Waals surface area contributed by atoms with Gasteiger partial charge in [-0.2, -0.15) is 0 Å². The largest absolute Gasteiger partial charge is 0.338 e. The standard InChI is InChI=1S/C12H14INO/c1-9(2)8-14(3)12(15)10-5-4-6-11(13)7-10/h4-7H,1,8H2,2-3H3. The fourth-order valence-corrected chi connectivity index (χ4v) is 1.86. The lowest BCUT2D eigenvalue weighted by Crippen LogP contribution is -2.28. The molecule has 80 valence electrons. The number of hydrogen-bond acceptors (Lipinski definition) is 1. The molecule has 0 aromatic heterocycles. The summed E-state index contributed by atoms with van der Waals surface area (Å²) in [5.74, 6) is 0.0384. The summed E-state index contributed by atoms with van der Waals surface area (Å²) in [6.45, 7) is 6.31. The highest BCUT2D eigenvalue weighted by molar-refractivity contribution is 14.1. The van der Waals surface area contributed by atoms with E-state index in [1.54, 1.807) is 11.9 Å². The van der Waals surface area contributed by atoms with Crippen LogP contribution in [0.5, 0.6) is 0 Å². The van der Waals surface area contributed by atoms with Gasteiger partial charge in [0, 0.05) is 22.7 Å². The molecule has 0 heterocycles. The predicted molar refractivity (Wildman–Crippen MR) is 70.9 cm³/mol. The van der Waals surface area contributed by atoms with E-state index in [0.29, 0.717) is 6.54 Å². The minimum atomic E-state index is 0.0384. The number of likely N-dealkylation sites (N-methyl/N-ethyl adjacent to an activating group) is 1. The van der Waals surface area contributed by atoms with Crippen molar-refractivity contribution in [2.45, 2.75) is 6.92 Å². The maximum atomic E-state index is 11.9. The maximum Gasteiger partial charge on any atom is 0.253 e. The first-order valence-electron chi connectivity index (χ1n) is 4.66. The Morgan fingerprint density at radius 2 is 2.20 bits per heavy atom. The summed E-state index contributed by atoms with van der Waals surface area (Å²) in [5, 5.41) is 0. The van der Waals surface area contributed by atoms with Gasteiger partial charge in [-0.25, -0.2) is 0 Å². The van der Waals surface area contributed by atoms with Crippen LogP contribution in [0.2, 0.25) is 0 Å². The Balaban J connectivity index is 2.80. The van der Waals surface area contributed by atoms with Gasteiger partial charge in [0.15, 0.2) is 0 Å². The van der Waals surface area contributed by atoms with Crippen molar-refractivity contribution in [1.29, 1.82) is 0 Å². The number of benzene rings is 1. The van der Waals surface area contributed by atoms with Gasteiger partial charge in [0.05, 0.1) is 0 Å². The van der Waals surface area contributed by atoms with E-state index >= 15 is 0 Å². The van der Waals surface area contributed by atoms with Crippen molar-refractivity contribution < 1.29 is 4.79 Å². The van der Waals surface area contributed by atoms with Crippen molar-refractivity contribution in [2.24, 2.45) is 0 Å². The number of hydrogen-bond donors (Lipinski definition) is 0. The highest BCUT2D eigenvalue weighted by Crippen LogP contribution is 2.10. The highest BCUT2D eigenvalue weighted by Gasteiger charge is 2.11. The smallest absolute Gasteiger partial charge is 0.253 e. The van der Waals surface area contributed by atoms with E-state index in [-0.39, 0.29) is 5.91 Å². The second-order valence-corrected chi connectivity index (χ2v) is 4.87. The zero-order valence-corrected chi connectivity index (χ0v) is 11.1. The molecule has 0 atom stereocenters. The van der Waals surface area contributed by atoms with Crippen molar-refractivity contribution in [3.63, 3.8) is 0 Å². The molecule has 0 saturated carbocycles. The molecule has 0 radical (unpaired) electrons. The topological polar surface area (TPSA) is 20.3 Å². The third kappa shape index (κ3) is 3.66. The van der Waals surface area contributed by atoms with Crippen LogP contribution in [-0.2, 0) is 0 Å². The number of halogens is 1. The van der Waals surface area contributed by atoms with Crippen LogP contribution in [0.1, 0.15) is 17.3 Å². The molecule has 0 N–H and O–H groups in total. The lowest BCUT2D eigenvalue weighted by Gasteiger charge is -2.17. The van der Waals surface area contributed by atoms with Gasteiger partial charge in [-0.05, 0) is 47.7 Å². The van der Waals surface area contributed by atoms with Crippen LogP contribution in [0.4, 0.5) is 0 Å². The molecule has 0 spiro atoms. The fraction of sp³-hybridized carbons (Fsp3) is 0.250. The summed E-state index contributed by atoms with van der Waals surface area (Å²) >= 11 is 2.20. The number of nitrogens with zero attached hydrogens (tertiary/aromatic N) is 1. The molecule has 0 unspecified atom stereocenters. The van der Waals surface area contributed by atoms with Crippen LogP contribution in [0.15, 0.2) is 36.4 Å². The number of carbonyl (C=O) groups excluding carboxylic acids is 1. The molecule has 0 aliphatic carbocycles. The van der Waals surface area contributed by atoms with Gasteiger partial charge < -0.3 is 4.90 Å². The normalized spacial score (nSPS) is 9.80. The first kappa shape index (κ1) is 12.2. The molecular weight excluding hydrogens is 301 g/mol. The Labute approximate surface area is 104 Å². The zero-order chi connectivity index (χ0) is 11.4. The van der Waals surface area contributed by atoms with Gasteiger partial charge in [0.1, 0.15) is 0 Å². The number of amides is 1. The second-order valence-electron chi connectivity index (χ2n) is 3.63. The quantitative estimate of drug-likeness (QED) is 0.620. The first-order valence-corrected chi connectivity index (χ1v) is 5.74. The Kier molecular flexibility index (Phi) is 4.32. The van der Waals surface area contributed by atoms with Gasteiger partial charge in [-0.1, -0.05) is 18.2 Å². The summed E-state index contributed by atoms with van der Waals surface area (Å²) in [4.78, 5) is 13.6. The van der Waals surface area contributed by atoms with E-state index in [0.717, 1.165) is 14.7 Å². The molecule has 0 bridgehead atoms. The molecule has 0 aliphatic heterocycles. The predicted octanol–water partition coefficient (Wildman–Crippen LogP) is 2.94. The Morgan fingerprint density at radius 1 is 1.53 bits per heavy atom. The van der Waals surface area contributed by atoms with E-state index in [2.05, 4.69) is 29.2 Å². The minimum absolute atomic E-state index is 0.0384. The van der Waals surface area contributed by atoms with E-state index < -0.39 is 0 Å². The molecule has 2 nitrogen and oxygen atoms in total. The summed E-state index contributed by atoms with van der Waals surface area (Å²) in [5.41, 5.74) is 1.71. The van der Waals surface area contributed by atoms with Crippen LogP contribution in [-0.4, -0.2) is 24.4 Å². The summed E-state index contributed by atoms with van der Waals surface area (Å²) in [6.07, 6.45) is 0. The maximum absolute atomic E-state index is 11.9. The van der Waals surface area contributed by atoms with Crippen molar-refractivity contribution in [1.82, 2.24) is 4.90 Å². The van der Waals surface area contributed by atoms with Crippen molar-refractivity contribution in [3.8, 4) is 0 Å². The van der Waals surface area contributed by atoms with Crippen molar-refractivity contribution >= 4 is 28.5 Å². The molecule has 1 rings (SSSR count). The lowest BCUT2D eigenvalue weighted by atomic mass is 10.2. The summed E-state index contributed by atoms with van der Waals surface area (Å²) < 4.78 is 1.07. The SMILES string of the molecule is C=C(C)CN(C)C(=O)c1cccc(I)c1. The molecule has 1 aromatic carbocycles. The number of carbonyl (C=O) groups is 1. The van der Waals surface area contributed by atoms with E-state index in [1.165, 1.54) is 0 Å². The summed E-state index contributed by atoms with van der Waals surface area (Å²) in [7, 11) is 1.79. The van der Waals surface area contributed by atoms with E-state index in [9.17, 15) is 4.79 Å². The average molecular weight is 315 g/mol. The van der Waals surface area contributed by atoms with Crippen LogP contribution in [0.3, 0.4) is 0 Å². The van der Waals surface area contributed by atoms with Crippen LogP contribution >= 0.6 is 22.6 Å². The third-order valence-electron chi connectivity index (χ3n) is 1.93. The fourth-order valence-electron chi connectivity index (χ4n) is 1.32. The minimum Gasteiger partial charge on any atom is -0.338 e. The monoisotopic (exact) mass is 315 g/mol. The van der Waals surface area contributed by atoms with Crippen LogP contribution in [0, 0.1) is 3.57 Å². The highest BCUT2D eigenvalue weighted by atomic mass is 127. The molecule has 1 aromatic rings. The van der Waals surface area contributed by atoms with Gasteiger partial charge in [0.2, 0.25) is 0 Å². The molecule has 0 aliphatic rings. The Morgan fingerprint density at radius 3 is 2.73 bits per heavy atom. The third-order valence-corrected chi connectivity index (χ3v) is 2.60. The second kappa shape index (κ2) is 5.30. The average Bonchev–Trinajstić information content (AvgIpc) is 2.15. The zero-order valence-electron chi connectivity index (χ0n) is 8.96. The molecule has 0 fully saturated rings.